The molecule has 2 aliphatic rings. The summed E-state index contributed by atoms with van der Waals surface area (Å²) >= 11 is 0. The topological polar surface area (TPSA) is 77.0 Å². The van der Waals surface area contributed by atoms with Gasteiger partial charge in [-0.25, -0.2) is 19.3 Å². The molecule has 1 saturated carbocycles. The molecule has 0 radical (unpaired) electrons. The Balaban J connectivity index is 1.52. The quantitative estimate of drug-likeness (QED) is 0.718. The van der Waals surface area contributed by atoms with Crippen molar-refractivity contribution in [3.8, 4) is 5.75 Å². The molecule has 4 rings (SSSR count). The maximum atomic E-state index is 13.5. The number of hydrogen-bond donors (Lipinski definition) is 1. The van der Waals surface area contributed by atoms with E-state index < -0.39 is 5.82 Å². The molecule has 3 atom stereocenters. The van der Waals surface area contributed by atoms with Crippen LogP contribution in [0.25, 0.3) is 0 Å². The molecule has 2 aromatic heterocycles. The highest BCUT2D eigenvalue weighted by Crippen LogP contribution is 2.60. The van der Waals surface area contributed by atoms with Gasteiger partial charge in [0, 0.05) is 11.3 Å². The first-order valence-electron chi connectivity index (χ1n) is 10.6. The van der Waals surface area contributed by atoms with E-state index in [0.717, 1.165) is 31.2 Å². The molecular weight excluding hydrogens is 395 g/mol. The number of carbonyl (C=O) groups is 1. The Hall–Kier alpha value is -3.09. The third-order valence-electron chi connectivity index (χ3n) is 6.23. The normalized spacial score (nSPS) is 24.1. The minimum absolute atomic E-state index is 0.110. The first-order chi connectivity index (χ1) is 14.9. The van der Waals surface area contributed by atoms with Crippen molar-refractivity contribution in [1.82, 2.24) is 15.0 Å². The molecule has 1 amide bonds. The van der Waals surface area contributed by atoms with Crippen molar-refractivity contribution < 1.29 is 13.9 Å². The van der Waals surface area contributed by atoms with E-state index in [1.807, 2.05) is 26.0 Å². The van der Waals surface area contributed by atoms with Crippen molar-refractivity contribution in [3.05, 3.63) is 65.7 Å². The summed E-state index contributed by atoms with van der Waals surface area (Å²) in [6.45, 7) is 5.94. The van der Waals surface area contributed by atoms with Crippen LogP contribution >= 0.6 is 0 Å². The number of allylic oxidation sites excluding steroid dienone is 4. The number of amides is 1. The molecule has 1 N–H and O–H groups in total. The molecule has 0 bridgehead atoms. The number of pyridine rings is 1. The number of aryl methyl sites for hydroxylation is 3. The van der Waals surface area contributed by atoms with Gasteiger partial charge in [0.15, 0.2) is 5.75 Å². The molecule has 0 spiro atoms. The van der Waals surface area contributed by atoms with Crippen molar-refractivity contribution >= 4 is 11.7 Å². The van der Waals surface area contributed by atoms with Gasteiger partial charge in [0.25, 0.3) is 0 Å². The Morgan fingerprint density at radius 2 is 2.13 bits per heavy atom. The van der Waals surface area contributed by atoms with Crippen molar-refractivity contribution in [2.75, 3.05) is 11.9 Å². The number of aromatic nitrogens is 3. The van der Waals surface area contributed by atoms with E-state index in [1.165, 1.54) is 0 Å². The van der Waals surface area contributed by atoms with E-state index in [9.17, 15) is 9.18 Å². The molecule has 162 valence electrons. The molecule has 1 fully saturated rings. The van der Waals surface area contributed by atoms with Gasteiger partial charge >= 0.3 is 0 Å². The fourth-order valence-electron chi connectivity index (χ4n) is 4.27. The summed E-state index contributed by atoms with van der Waals surface area (Å²) < 4.78 is 19.7. The van der Waals surface area contributed by atoms with Crippen LogP contribution in [0.4, 0.5) is 10.2 Å². The van der Waals surface area contributed by atoms with Gasteiger partial charge in [-0.15, -0.1) is 0 Å². The van der Waals surface area contributed by atoms with Crippen LogP contribution in [0.15, 0.2) is 42.8 Å². The third kappa shape index (κ3) is 4.36. The maximum Gasteiger partial charge on any atom is 0.229 e. The molecule has 0 saturated heterocycles. The minimum Gasteiger partial charge on any atom is -0.489 e. The summed E-state index contributed by atoms with van der Waals surface area (Å²) in [6, 6.07) is 1.55. The second-order valence-corrected chi connectivity index (χ2v) is 8.32. The summed E-state index contributed by atoms with van der Waals surface area (Å²) in [5.74, 6) is 1.24. The lowest BCUT2D eigenvalue weighted by atomic mass is 9.82. The Morgan fingerprint density at radius 3 is 2.84 bits per heavy atom. The van der Waals surface area contributed by atoms with Crippen LogP contribution in [-0.2, 0) is 11.2 Å². The van der Waals surface area contributed by atoms with E-state index in [-0.39, 0.29) is 23.2 Å². The summed E-state index contributed by atoms with van der Waals surface area (Å²) in [4.78, 5) is 25.8. The molecule has 7 heteroatoms. The third-order valence-corrected chi connectivity index (χ3v) is 6.23. The standard InChI is InChI=1S/C24H27FN4O2/c1-4-20-21(13-26-16(3)28-20)31-14-24(17-8-6-5-7-9-17)11-18(24)23(30)29-22-10-15(2)19(25)12-27-22/h5-8,10,12-13,17-18H,4,9,11,14H2,1-3H3,(H,27,29,30)/t17?,18-,24+/m0/s1. The zero-order valence-corrected chi connectivity index (χ0v) is 18.1. The highest BCUT2D eigenvalue weighted by Gasteiger charge is 2.62. The summed E-state index contributed by atoms with van der Waals surface area (Å²) in [5.41, 5.74) is 1.01. The number of nitrogens with zero attached hydrogens (tertiary/aromatic N) is 3. The van der Waals surface area contributed by atoms with Gasteiger partial charge in [0.05, 0.1) is 24.7 Å². The lowest BCUT2D eigenvalue weighted by molar-refractivity contribution is -0.118. The zero-order chi connectivity index (χ0) is 22.0. The number of carbonyl (C=O) groups excluding carboxylic acids is 1. The monoisotopic (exact) mass is 422 g/mol. The zero-order valence-electron chi connectivity index (χ0n) is 18.1. The van der Waals surface area contributed by atoms with Crippen molar-refractivity contribution in [3.63, 3.8) is 0 Å². The molecule has 6 nitrogen and oxygen atoms in total. The number of halogens is 1. The average Bonchev–Trinajstić information content (AvgIpc) is 3.52. The SMILES string of the molecule is CCc1nc(C)ncc1OC[C@@]1(C2C=CC=CC2)C[C@H]1C(=O)Nc1cc(C)c(F)cn1. The second kappa shape index (κ2) is 8.57. The van der Waals surface area contributed by atoms with E-state index in [0.29, 0.717) is 29.6 Å². The lowest BCUT2D eigenvalue weighted by Gasteiger charge is -2.26. The van der Waals surface area contributed by atoms with Crippen LogP contribution < -0.4 is 10.1 Å². The predicted molar refractivity (Wildman–Crippen MR) is 116 cm³/mol. The van der Waals surface area contributed by atoms with Gasteiger partial charge in [-0.3, -0.25) is 4.79 Å². The van der Waals surface area contributed by atoms with Crippen LogP contribution in [0.1, 0.15) is 36.8 Å². The first-order valence-corrected chi connectivity index (χ1v) is 10.6. The average molecular weight is 423 g/mol. The Bertz CT molecular complexity index is 1050. The van der Waals surface area contributed by atoms with E-state index in [4.69, 9.17) is 4.74 Å². The Kier molecular flexibility index (Phi) is 5.85. The summed E-state index contributed by atoms with van der Waals surface area (Å²) in [6.07, 6.45) is 13.5. The lowest BCUT2D eigenvalue weighted by Crippen LogP contribution is -2.29. The van der Waals surface area contributed by atoms with E-state index in [1.54, 1.807) is 19.2 Å². The summed E-state index contributed by atoms with van der Waals surface area (Å²) in [5, 5.41) is 2.85. The minimum atomic E-state index is -0.390. The number of anilines is 1. The predicted octanol–water partition coefficient (Wildman–Crippen LogP) is 4.35. The van der Waals surface area contributed by atoms with Crippen molar-refractivity contribution in [1.29, 1.82) is 0 Å². The van der Waals surface area contributed by atoms with Gasteiger partial charge in [-0.05, 0) is 50.7 Å². The number of rotatable bonds is 7. The second-order valence-electron chi connectivity index (χ2n) is 8.32. The van der Waals surface area contributed by atoms with Crippen LogP contribution in [-0.4, -0.2) is 27.5 Å². The molecule has 31 heavy (non-hydrogen) atoms. The van der Waals surface area contributed by atoms with Crippen molar-refractivity contribution in [2.45, 2.75) is 40.0 Å². The Morgan fingerprint density at radius 1 is 1.29 bits per heavy atom. The van der Waals surface area contributed by atoms with E-state index >= 15 is 0 Å². The smallest absolute Gasteiger partial charge is 0.229 e. The van der Waals surface area contributed by atoms with Gasteiger partial charge < -0.3 is 10.1 Å². The van der Waals surface area contributed by atoms with Crippen molar-refractivity contribution in [2.24, 2.45) is 17.3 Å². The molecule has 2 heterocycles. The number of nitrogens with one attached hydrogen (secondary N) is 1. The fourth-order valence-corrected chi connectivity index (χ4v) is 4.27. The van der Waals surface area contributed by atoms with E-state index in [2.05, 4.69) is 32.4 Å². The van der Waals surface area contributed by atoms with Crippen LogP contribution in [0.2, 0.25) is 0 Å². The molecule has 1 unspecified atom stereocenters. The van der Waals surface area contributed by atoms with Crippen LogP contribution in [0.3, 0.4) is 0 Å². The Labute approximate surface area is 181 Å². The molecule has 2 aliphatic carbocycles. The van der Waals surface area contributed by atoms with Gasteiger partial charge in [0.2, 0.25) is 5.91 Å². The van der Waals surface area contributed by atoms with Gasteiger partial charge in [-0.2, -0.15) is 0 Å². The highest BCUT2D eigenvalue weighted by atomic mass is 19.1. The highest BCUT2D eigenvalue weighted by molar-refractivity contribution is 5.94. The van der Waals surface area contributed by atoms with Crippen LogP contribution in [0.5, 0.6) is 5.75 Å². The maximum absolute atomic E-state index is 13.5. The molecule has 0 aliphatic heterocycles. The van der Waals surface area contributed by atoms with Gasteiger partial charge in [-0.1, -0.05) is 31.2 Å². The number of hydrogen-bond acceptors (Lipinski definition) is 5. The van der Waals surface area contributed by atoms with Crippen LogP contribution in [0, 0.1) is 36.9 Å². The first kappa shape index (κ1) is 21.2. The summed E-state index contributed by atoms with van der Waals surface area (Å²) in [7, 11) is 0. The molecule has 2 aromatic rings. The largest absolute Gasteiger partial charge is 0.489 e. The molecular formula is C24H27FN4O2. The number of ether oxygens (including phenoxy) is 1. The fraction of sp³-hybridized carbons (Fsp3) is 0.417. The molecule has 0 aromatic carbocycles. The van der Waals surface area contributed by atoms with Gasteiger partial charge in [0.1, 0.15) is 17.5 Å².